The van der Waals surface area contributed by atoms with Crippen LogP contribution in [0.15, 0.2) is 0 Å². The Morgan fingerprint density at radius 3 is 2.38 bits per heavy atom. The maximum atomic E-state index is 11.2. The van der Waals surface area contributed by atoms with Gasteiger partial charge in [-0.15, -0.1) is 0 Å². The van der Waals surface area contributed by atoms with Crippen LogP contribution in [-0.2, 0) is 42.2 Å². The van der Waals surface area contributed by atoms with Gasteiger partial charge in [0.25, 0.3) is 0 Å². The first kappa shape index (κ1) is 16.0. The Morgan fingerprint density at radius 1 is 1.62 bits per heavy atom. The number of hydrogen-bond acceptors (Lipinski definition) is 3. The van der Waals surface area contributed by atoms with Crippen molar-refractivity contribution in [1.82, 2.24) is 0 Å². The molecule has 3 nitrogen and oxygen atoms in total. The van der Waals surface area contributed by atoms with E-state index in [1.165, 1.54) is 0 Å². The second kappa shape index (κ2) is 6.91. The fourth-order valence-corrected chi connectivity index (χ4v) is 0.512. The zero-order chi connectivity index (χ0) is 9.78. The van der Waals surface area contributed by atoms with Crippen molar-refractivity contribution in [2.45, 2.75) is 33.3 Å². The van der Waals surface area contributed by atoms with Gasteiger partial charge in [0.2, 0.25) is 0 Å². The van der Waals surface area contributed by atoms with E-state index in [4.69, 9.17) is 9.84 Å². The summed E-state index contributed by atoms with van der Waals surface area (Å²) in [4.78, 5) is 11.2. The third-order valence-electron chi connectivity index (χ3n) is 1.84. The summed E-state index contributed by atoms with van der Waals surface area (Å²) in [6.07, 6.45) is -0.111. The maximum Gasteiger partial charge on any atom is 0.311 e. The quantitative estimate of drug-likeness (QED) is 0.611. The molecule has 13 heavy (non-hydrogen) atoms. The molecule has 75 valence electrons. The van der Waals surface area contributed by atoms with Crippen molar-refractivity contribution in [1.29, 1.82) is 0 Å². The Bertz CT molecular complexity index is 155. The van der Waals surface area contributed by atoms with E-state index in [-0.39, 0.29) is 45.3 Å². The van der Waals surface area contributed by atoms with Crippen LogP contribution >= 0.6 is 0 Å². The van der Waals surface area contributed by atoms with Gasteiger partial charge in [0, 0.05) is 32.7 Å². The SMILES string of the molecule is [CH2-]C(O)COC(=O)C(C)(C)CC.[Y]. The smallest absolute Gasteiger partial charge is 0.311 e. The Kier molecular flexibility index (Phi) is 8.50. The van der Waals surface area contributed by atoms with Crippen molar-refractivity contribution < 1.29 is 47.3 Å². The van der Waals surface area contributed by atoms with Crippen LogP contribution in [0.1, 0.15) is 27.2 Å². The molecule has 0 aromatic heterocycles. The molecule has 1 atom stereocenters. The van der Waals surface area contributed by atoms with Crippen molar-refractivity contribution in [3.63, 3.8) is 0 Å². The number of aliphatic hydroxyl groups is 1. The van der Waals surface area contributed by atoms with E-state index >= 15 is 0 Å². The number of esters is 1. The number of rotatable bonds is 4. The van der Waals surface area contributed by atoms with Gasteiger partial charge in [-0.05, 0) is 26.4 Å². The van der Waals surface area contributed by atoms with Crippen LogP contribution in [0.25, 0.3) is 0 Å². The third kappa shape index (κ3) is 6.58. The summed E-state index contributed by atoms with van der Waals surface area (Å²) in [5, 5.41) is 8.75. The molecule has 0 heterocycles. The molecule has 4 heteroatoms. The topological polar surface area (TPSA) is 46.5 Å². The van der Waals surface area contributed by atoms with E-state index in [1.807, 2.05) is 20.8 Å². The Labute approximate surface area is 105 Å². The number of carbonyl (C=O) groups excluding carboxylic acids is 1. The molecule has 0 amide bonds. The third-order valence-corrected chi connectivity index (χ3v) is 1.84. The van der Waals surface area contributed by atoms with Crippen molar-refractivity contribution >= 4 is 5.97 Å². The van der Waals surface area contributed by atoms with Gasteiger partial charge in [-0.2, -0.15) is 0 Å². The summed E-state index contributed by atoms with van der Waals surface area (Å²) >= 11 is 0. The second-order valence-corrected chi connectivity index (χ2v) is 3.49. The fourth-order valence-electron chi connectivity index (χ4n) is 0.512. The minimum Gasteiger partial charge on any atom is -0.465 e. The van der Waals surface area contributed by atoms with Gasteiger partial charge < -0.3 is 16.8 Å². The van der Waals surface area contributed by atoms with E-state index in [2.05, 4.69) is 6.92 Å². The molecule has 0 aliphatic carbocycles. The largest absolute Gasteiger partial charge is 0.465 e. The molecule has 1 radical (unpaired) electrons. The minimum absolute atomic E-state index is 0. The molecule has 0 fully saturated rings. The first-order valence-corrected chi connectivity index (χ1v) is 4.08. The van der Waals surface area contributed by atoms with Gasteiger partial charge in [0.05, 0.1) is 12.0 Å². The Morgan fingerprint density at radius 2 is 2.08 bits per heavy atom. The normalized spacial score (nSPS) is 13.0. The van der Waals surface area contributed by atoms with Gasteiger partial charge in [-0.3, -0.25) is 4.79 Å². The molecular weight excluding hydrogens is 245 g/mol. The maximum absolute atomic E-state index is 11.2. The van der Waals surface area contributed by atoms with Crippen molar-refractivity contribution in [3.8, 4) is 0 Å². The second-order valence-electron chi connectivity index (χ2n) is 3.49. The van der Waals surface area contributed by atoms with E-state index < -0.39 is 11.5 Å². The minimum atomic E-state index is -0.832. The van der Waals surface area contributed by atoms with Crippen LogP contribution in [0.2, 0.25) is 0 Å². The molecule has 0 rings (SSSR count). The number of aliphatic hydroxyl groups excluding tert-OH is 1. The molecule has 0 aromatic carbocycles. The average molecular weight is 262 g/mol. The zero-order valence-electron chi connectivity index (χ0n) is 8.54. The summed E-state index contributed by atoms with van der Waals surface area (Å²) < 4.78 is 4.81. The summed E-state index contributed by atoms with van der Waals surface area (Å²) in [5.74, 6) is -0.285. The molecule has 0 saturated carbocycles. The molecule has 0 aliphatic rings. The van der Waals surface area contributed by atoms with E-state index in [9.17, 15) is 4.79 Å². The monoisotopic (exact) mass is 262 g/mol. The molecule has 0 aromatic rings. The Hall–Kier alpha value is 0.534. The van der Waals surface area contributed by atoms with Crippen LogP contribution in [0.5, 0.6) is 0 Å². The number of ether oxygens (including phenoxy) is 1. The molecule has 0 bridgehead atoms. The van der Waals surface area contributed by atoms with Crippen LogP contribution in [0, 0.1) is 12.3 Å². The first-order valence-electron chi connectivity index (χ1n) is 4.08. The van der Waals surface area contributed by atoms with Crippen molar-refractivity contribution in [2.24, 2.45) is 5.41 Å². The van der Waals surface area contributed by atoms with Crippen LogP contribution < -0.4 is 0 Å². The van der Waals surface area contributed by atoms with Gasteiger partial charge in [-0.1, -0.05) is 6.92 Å². The van der Waals surface area contributed by atoms with Gasteiger partial charge in [0.15, 0.2) is 0 Å². The van der Waals surface area contributed by atoms with E-state index in [0.717, 1.165) is 6.42 Å². The predicted molar refractivity (Wildman–Crippen MR) is 46.4 cm³/mol. The molecular formula is C9H17O3Y-. The first-order chi connectivity index (χ1) is 5.40. The zero-order valence-corrected chi connectivity index (χ0v) is 11.4. The van der Waals surface area contributed by atoms with Gasteiger partial charge in [-0.25, -0.2) is 0 Å². The summed E-state index contributed by atoms with van der Waals surface area (Å²) in [6.45, 7) is 8.81. The number of carbonyl (C=O) groups is 1. The predicted octanol–water partition coefficient (Wildman–Crippen LogP) is 1.16. The van der Waals surface area contributed by atoms with Crippen molar-refractivity contribution in [3.05, 3.63) is 6.92 Å². The standard InChI is InChI=1S/C9H17O3.Y/c1-5-9(3,4)8(11)12-6-7(2)10;/h7,10H,2,5-6H2,1,3-4H3;/q-1;. The summed E-state index contributed by atoms with van der Waals surface area (Å²) in [5.41, 5.74) is -0.463. The van der Waals surface area contributed by atoms with Crippen molar-refractivity contribution in [2.75, 3.05) is 6.61 Å². The van der Waals surface area contributed by atoms with E-state index in [0.29, 0.717) is 0 Å². The number of hydrogen-bond donors (Lipinski definition) is 1. The fraction of sp³-hybridized carbons (Fsp3) is 0.778. The average Bonchev–Trinajstić information content (AvgIpc) is 2.00. The summed E-state index contributed by atoms with van der Waals surface area (Å²) in [7, 11) is 0. The molecule has 0 spiro atoms. The van der Waals surface area contributed by atoms with Gasteiger partial charge in [0.1, 0.15) is 0 Å². The van der Waals surface area contributed by atoms with E-state index in [1.54, 1.807) is 0 Å². The molecule has 1 unspecified atom stereocenters. The van der Waals surface area contributed by atoms with Crippen LogP contribution in [0.3, 0.4) is 0 Å². The Balaban J connectivity index is 0. The summed E-state index contributed by atoms with van der Waals surface area (Å²) in [6, 6.07) is 0. The molecule has 0 saturated heterocycles. The molecule has 0 aliphatic heterocycles. The van der Waals surface area contributed by atoms with Crippen LogP contribution in [0.4, 0.5) is 0 Å². The van der Waals surface area contributed by atoms with Crippen LogP contribution in [-0.4, -0.2) is 23.8 Å². The van der Waals surface area contributed by atoms with Gasteiger partial charge >= 0.3 is 5.97 Å². The molecule has 1 N–H and O–H groups in total.